The lowest BCUT2D eigenvalue weighted by Gasteiger charge is -2.08. The number of carbonyl (C=O) groups is 2. The zero-order chi connectivity index (χ0) is 13.0. The normalized spacial score (nSPS) is 11.9. The van der Waals surface area contributed by atoms with Gasteiger partial charge in [0.15, 0.2) is 16.4 Å². The van der Waals surface area contributed by atoms with Crippen molar-refractivity contribution in [2.45, 2.75) is 6.10 Å². The van der Waals surface area contributed by atoms with Gasteiger partial charge in [-0.25, -0.2) is 4.79 Å². The summed E-state index contributed by atoms with van der Waals surface area (Å²) in [7, 11) is 0. The molecule has 0 aliphatic carbocycles. The third kappa shape index (κ3) is 3.81. The van der Waals surface area contributed by atoms with E-state index in [2.05, 4.69) is 15.5 Å². The maximum atomic E-state index is 11.5. The lowest BCUT2D eigenvalue weighted by molar-refractivity contribution is -0.146. The first kappa shape index (κ1) is 13.6. The number of carbonyl (C=O) groups excluding carboxylic acids is 1. The van der Waals surface area contributed by atoms with E-state index < -0.39 is 24.5 Å². The second kappa shape index (κ2) is 5.76. The summed E-state index contributed by atoms with van der Waals surface area (Å²) in [5, 5.41) is 26.1. The van der Waals surface area contributed by atoms with E-state index >= 15 is 0 Å². The lowest BCUT2D eigenvalue weighted by atomic mass is 10.3. The standard InChI is InChI=1S/C8H7Cl2N3O4/c9-5-1-3(6(10)13-12-5)7(15)11-2-4(14)8(16)17/h1,4,14H,2H2,(H,11,15)(H,16,17). The number of hydrogen-bond acceptors (Lipinski definition) is 5. The molecular formula is C8H7Cl2N3O4. The van der Waals surface area contributed by atoms with Crippen LogP contribution in [0.4, 0.5) is 0 Å². The fraction of sp³-hybridized carbons (Fsp3) is 0.250. The van der Waals surface area contributed by atoms with Gasteiger partial charge in [-0.1, -0.05) is 23.2 Å². The third-order valence-electron chi connectivity index (χ3n) is 1.70. The molecule has 1 rings (SSSR count). The molecule has 0 aliphatic heterocycles. The minimum Gasteiger partial charge on any atom is -0.479 e. The molecule has 1 aromatic rings. The molecule has 7 nitrogen and oxygen atoms in total. The Labute approximate surface area is 105 Å². The Morgan fingerprint density at radius 1 is 1.41 bits per heavy atom. The quantitative estimate of drug-likeness (QED) is 0.713. The Kier molecular flexibility index (Phi) is 4.62. The van der Waals surface area contributed by atoms with Gasteiger partial charge in [0.05, 0.1) is 12.1 Å². The summed E-state index contributed by atoms with van der Waals surface area (Å²) >= 11 is 11.1. The van der Waals surface area contributed by atoms with Crippen molar-refractivity contribution >= 4 is 35.1 Å². The molecule has 0 aromatic carbocycles. The Balaban J connectivity index is 2.70. The van der Waals surface area contributed by atoms with E-state index in [1.54, 1.807) is 0 Å². The van der Waals surface area contributed by atoms with E-state index in [0.717, 1.165) is 0 Å². The van der Waals surface area contributed by atoms with Crippen LogP contribution in [0.15, 0.2) is 6.07 Å². The molecule has 0 saturated carbocycles. The fourth-order valence-electron chi connectivity index (χ4n) is 0.884. The van der Waals surface area contributed by atoms with Gasteiger partial charge in [-0.05, 0) is 6.07 Å². The van der Waals surface area contributed by atoms with Gasteiger partial charge in [0.25, 0.3) is 5.91 Å². The van der Waals surface area contributed by atoms with E-state index in [1.165, 1.54) is 6.07 Å². The summed E-state index contributed by atoms with van der Waals surface area (Å²) in [6.45, 7) is -0.454. The second-order valence-corrected chi connectivity index (χ2v) is 3.68. The van der Waals surface area contributed by atoms with E-state index in [4.69, 9.17) is 33.4 Å². The molecule has 92 valence electrons. The van der Waals surface area contributed by atoms with Gasteiger partial charge < -0.3 is 15.5 Å². The predicted molar refractivity (Wildman–Crippen MR) is 58.0 cm³/mol. The van der Waals surface area contributed by atoms with Gasteiger partial charge in [-0.3, -0.25) is 4.79 Å². The van der Waals surface area contributed by atoms with Gasteiger partial charge in [0.1, 0.15) is 0 Å². The summed E-state index contributed by atoms with van der Waals surface area (Å²) in [5.74, 6) is -2.14. The highest BCUT2D eigenvalue weighted by molar-refractivity contribution is 6.34. The van der Waals surface area contributed by atoms with E-state index in [9.17, 15) is 9.59 Å². The molecular weight excluding hydrogens is 273 g/mol. The van der Waals surface area contributed by atoms with Crippen molar-refractivity contribution in [2.24, 2.45) is 0 Å². The van der Waals surface area contributed by atoms with Crippen LogP contribution in [-0.2, 0) is 4.79 Å². The van der Waals surface area contributed by atoms with Gasteiger partial charge in [0, 0.05) is 0 Å². The van der Waals surface area contributed by atoms with Crippen molar-refractivity contribution < 1.29 is 19.8 Å². The minimum absolute atomic E-state index is 0.0293. The average molecular weight is 280 g/mol. The number of aliphatic carboxylic acids is 1. The van der Waals surface area contributed by atoms with E-state index in [0.29, 0.717) is 0 Å². The lowest BCUT2D eigenvalue weighted by Crippen LogP contribution is -2.36. The number of aliphatic hydroxyl groups is 1. The summed E-state index contributed by atoms with van der Waals surface area (Å²) in [4.78, 5) is 21.8. The van der Waals surface area contributed by atoms with E-state index in [1.807, 2.05) is 0 Å². The predicted octanol–water partition coefficient (Wildman–Crippen LogP) is -0.0413. The fourth-order valence-corrected chi connectivity index (χ4v) is 1.21. The third-order valence-corrected chi connectivity index (χ3v) is 2.17. The summed E-state index contributed by atoms with van der Waals surface area (Å²) in [6, 6.07) is 1.18. The van der Waals surface area contributed by atoms with Crippen LogP contribution < -0.4 is 5.32 Å². The molecule has 1 unspecified atom stereocenters. The SMILES string of the molecule is O=C(NCC(O)C(=O)O)c1cc(Cl)nnc1Cl. The van der Waals surface area contributed by atoms with Crippen LogP contribution in [0.3, 0.4) is 0 Å². The number of nitrogens with zero attached hydrogens (tertiary/aromatic N) is 2. The number of aliphatic hydroxyl groups excluding tert-OH is 1. The molecule has 1 aromatic heterocycles. The Hall–Kier alpha value is -1.44. The molecule has 17 heavy (non-hydrogen) atoms. The number of carboxylic acids is 1. The van der Waals surface area contributed by atoms with Crippen molar-refractivity contribution in [3.63, 3.8) is 0 Å². The molecule has 0 fully saturated rings. The molecule has 1 heterocycles. The van der Waals surface area contributed by atoms with E-state index in [-0.39, 0.29) is 15.9 Å². The summed E-state index contributed by atoms with van der Waals surface area (Å²) in [6.07, 6.45) is -1.69. The minimum atomic E-state index is -1.69. The van der Waals surface area contributed by atoms with Crippen molar-refractivity contribution in [2.75, 3.05) is 6.54 Å². The number of halogens is 2. The zero-order valence-electron chi connectivity index (χ0n) is 8.22. The summed E-state index contributed by atoms with van der Waals surface area (Å²) < 4.78 is 0. The zero-order valence-corrected chi connectivity index (χ0v) is 9.73. The molecule has 0 bridgehead atoms. The smallest absolute Gasteiger partial charge is 0.334 e. The first-order valence-electron chi connectivity index (χ1n) is 4.29. The highest BCUT2D eigenvalue weighted by Gasteiger charge is 2.17. The number of nitrogens with one attached hydrogen (secondary N) is 1. The van der Waals surface area contributed by atoms with Crippen LogP contribution in [0.1, 0.15) is 10.4 Å². The van der Waals surface area contributed by atoms with Crippen molar-refractivity contribution in [1.29, 1.82) is 0 Å². The molecule has 3 N–H and O–H groups in total. The molecule has 9 heteroatoms. The number of amides is 1. The van der Waals surface area contributed by atoms with Gasteiger partial charge in [0.2, 0.25) is 0 Å². The molecule has 0 radical (unpaired) electrons. The molecule has 0 saturated heterocycles. The molecule has 1 amide bonds. The summed E-state index contributed by atoms with van der Waals surface area (Å²) in [5.41, 5.74) is -0.0516. The van der Waals surface area contributed by atoms with Crippen molar-refractivity contribution in [3.05, 3.63) is 21.9 Å². The highest BCUT2D eigenvalue weighted by atomic mass is 35.5. The van der Waals surface area contributed by atoms with Crippen LogP contribution in [0.5, 0.6) is 0 Å². The Morgan fingerprint density at radius 2 is 2.06 bits per heavy atom. The van der Waals surface area contributed by atoms with Gasteiger partial charge in [-0.2, -0.15) is 0 Å². The number of hydrogen-bond donors (Lipinski definition) is 3. The first-order chi connectivity index (χ1) is 7.91. The Bertz CT molecular complexity index is 454. The first-order valence-corrected chi connectivity index (χ1v) is 5.05. The largest absolute Gasteiger partial charge is 0.479 e. The van der Waals surface area contributed by atoms with Crippen LogP contribution >= 0.6 is 23.2 Å². The molecule has 1 atom stereocenters. The monoisotopic (exact) mass is 279 g/mol. The van der Waals surface area contributed by atoms with Gasteiger partial charge >= 0.3 is 5.97 Å². The van der Waals surface area contributed by atoms with Crippen molar-refractivity contribution in [1.82, 2.24) is 15.5 Å². The average Bonchev–Trinajstić information content (AvgIpc) is 2.28. The topological polar surface area (TPSA) is 112 Å². The number of carboxylic acid groups (broad SMARTS) is 1. The van der Waals surface area contributed by atoms with Crippen LogP contribution in [0.25, 0.3) is 0 Å². The highest BCUT2D eigenvalue weighted by Crippen LogP contribution is 2.14. The molecule has 0 spiro atoms. The number of aromatic nitrogens is 2. The van der Waals surface area contributed by atoms with Crippen LogP contribution in [0.2, 0.25) is 10.3 Å². The number of rotatable bonds is 4. The van der Waals surface area contributed by atoms with Crippen LogP contribution in [0, 0.1) is 0 Å². The van der Waals surface area contributed by atoms with Crippen molar-refractivity contribution in [3.8, 4) is 0 Å². The van der Waals surface area contributed by atoms with Crippen LogP contribution in [-0.4, -0.2) is 44.9 Å². The van der Waals surface area contributed by atoms with Gasteiger partial charge in [-0.15, -0.1) is 10.2 Å². The maximum absolute atomic E-state index is 11.5. The molecule has 0 aliphatic rings. The maximum Gasteiger partial charge on any atom is 0.334 e. The second-order valence-electron chi connectivity index (χ2n) is 2.94. The Morgan fingerprint density at radius 3 is 2.65 bits per heavy atom.